The van der Waals surface area contributed by atoms with Gasteiger partial charge in [0.2, 0.25) is 0 Å². The zero-order valence-corrected chi connectivity index (χ0v) is 18.9. The molecule has 0 bridgehead atoms. The number of amides is 1. The molecule has 2 fully saturated rings. The Bertz CT molecular complexity index is 1070. The van der Waals surface area contributed by atoms with Crippen LogP contribution in [0.4, 0.5) is 0 Å². The highest BCUT2D eigenvalue weighted by molar-refractivity contribution is 6.46. The van der Waals surface area contributed by atoms with Gasteiger partial charge in [0.25, 0.3) is 11.7 Å². The summed E-state index contributed by atoms with van der Waals surface area (Å²) in [6.45, 7) is 7.64. The average molecular weight is 465 g/mol. The number of aromatic hydroxyl groups is 1. The summed E-state index contributed by atoms with van der Waals surface area (Å²) in [5.41, 5.74) is 1.06. The number of carbonyl (C=O) groups is 2. The molecule has 1 amide bonds. The van der Waals surface area contributed by atoms with Gasteiger partial charge in [-0.05, 0) is 42.0 Å². The lowest BCUT2D eigenvalue weighted by Crippen LogP contribution is -2.42. The number of aliphatic hydroxyl groups is 1. The van der Waals surface area contributed by atoms with E-state index in [1.54, 1.807) is 42.5 Å². The number of rotatable bonds is 8. The van der Waals surface area contributed by atoms with Gasteiger partial charge in [-0.25, -0.2) is 0 Å². The Morgan fingerprint density at radius 1 is 1.06 bits per heavy atom. The maximum Gasteiger partial charge on any atom is 0.295 e. The number of phenolic OH excluding ortho intramolecular Hbond substituents is 1. The van der Waals surface area contributed by atoms with Crippen molar-refractivity contribution in [2.45, 2.75) is 6.04 Å². The molecular weight excluding hydrogens is 436 g/mol. The highest BCUT2D eigenvalue weighted by Crippen LogP contribution is 2.39. The SMILES string of the molecule is C=CCOc1ccc(/C(O)=C2\C(=O)C(=O)N(CCN3CCOCC3)[C@H]2c2ccc(O)cc2)cc1. The molecule has 2 N–H and O–H groups in total. The van der Waals surface area contributed by atoms with E-state index in [2.05, 4.69) is 11.5 Å². The van der Waals surface area contributed by atoms with E-state index in [4.69, 9.17) is 9.47 Å². The fourth-order valence-electron chi connectivity index (χ4n) is 4.21. The maximum atomic E-state index is 13.1. The van der Waals surface area contributed by atoms with Crippen LogP contribution in [0.2, 0.25) is 0 Å². The molecule has 2 aliphatic rings. The van der Waals surface area contributed by atoms with Crippen molar-refractivity contribution >= 4 is 17.4 Å². The second-order valence-corrected chi connectivity index (χ2v) is 8.16. The Labute approximate surface area is 198 Å². The van der Waals surface area contributed by atoms with Crippen LogP contribution >= 0.6 is 0 Å². The monoisotopic (exact) mass is 464 g/mol. The number of morpholine rings is 1. The van der Waals surface area contributed by atoms with Gasteiger partial charge in [-0.1, -0.05) is 24.8 Å². The Kier molecular flexibility index (Phi) is 7.30. The first kappa shape index (κ1) is 23.5. The molecule has 0 spiro atoms. The fraction of sp³-hybridized carbons (Fsp3) is 0.308. The van der Waals surface area contributed by atoms with Crippen LogP contribution in [0.1, 0.15) is 17.2 Å². The second-order valence-electron chi connectivity index (χ2n) is 8.16. The lowest BCUT2D eigenvalue weighted by Gasteiger charge is -2.31. The minimum atomic E-state index is -0.765. The van der Waals surface area contributed by atoms with Crippen molar-refractivity contribution in [3.8, 4) is 11.5 Å². The van der Waals surface area contributed by atoms with Crippen LogP contribution in [-0.2, 0) is 14.3 Å². The van der Waals surface area contributed by atoms with Gasteiger partial charge in [0.15, 0.2) is 0 Å². The minimum absolute atomic E-state index is 0.0254. The zero-order valence-electron chi connectivity index (χ0n) is 18.9. The van der Waals surface area contributed by atoms with Gasteiger partial charge in [-0.3, -0.25) is 14.5 Å². The molecule has 2 aliphatic heterocycles. The van der Waals surface area contributed by atoms with Crippen LogP contribution in [0.15, 0.2) is 66.8 Å². The fourth-order valence-corrected chi connectivity index (χ4v) is 4.21. The molecule has 0 unspecified atom stereocenters. The van der Waals surface area contributed by atoms with E-state index >= 15 is 0 Å². The number of ether oxygens (including phenoxy) is 2. The predicted molar refractivity (Wildman–Crippen MR) is 127 cm³/mol. The molecule has 4 rings (SSSR count). The molecule has 0 aliphatic carbocycles. The summed E-state index contributed by atoms with van der Waals surface area (Å²) in [6, 6.07) is 12.2. The minimum Gasteiger partial charge on any atom is -0.508 e. The summed E-state index contributed by atoms with van der Waals surface area (Å²) in [4.78, 5) is 29.8. The first-order valence-electron chi connectivity index (χ1n) is 11.2. The molecule has 0 saturated carbocycles. The van der Waals surface area contributed by atoms with Crippen LogP contribution in [0, 0.1) is 0 Å². The van der Waals surface area contributed by atoms with Crippen LogP contribution < -0.4 is 4.74 Å². The predicted octanol–water partition coefficient (Wildman–Crippen LogP) is 2.71. The molecule has 0 aromatic heterocycles. The highest BCUT2D eigenvalue weighted by Gasteiger charge is 2.46. The normalized spacial score (nSPS) is 20.5. The Hall–Kier alpha value is -3.62. The number of Topliss-reactive ketones (excluding diaryl/α,β-unsaturated/α-hetero) is 1. The van der Waals surface area contributed by atoms with Gasteiger partial charge >= 0.3 is 0 Å². The molecule has 178 valence electrons. The van der Waals surface area contributed by atoms with E-state index in [-0.39, 0.29) is 17.1 Å². The number of aliphatic hydroxyl groups excluding tert-OH is 1. The van der Waals surface area contributed by atoms with Gasteiger partial charge < -0.3 is 24.6 Å². The number of likely N-dealkylation sites (tertiary alicyclic amines) is 1. The summed E-state index contributed by atoms with van der Waals surface area (Å²) in [5.74, 6) is -0.967. The summed E-state index contributed by atoms with van der Waals surface area (Å²) < 4.78 is 10.9. The van der Waals surface area contributed by atoms with Gasteiger partial charge in [0.05, 0.1) is 24.8 Å². The summed E-state index contributed by atoms with van der Waals surface area (Å²) >= 11 is 0. The smallest absolute Gasteiger partial charge is 0.295 e. The van der Waals surface area contributed by atoms with E-state index in [0.717, 1.165) is 13.1 Å². The molecule has 2 aromatic rings. The lowest BCUT2D eigenvalue weighted by molar-refractivity contribution is -0.140. The van der Waals surface area contributed by atoms with E-state index in [0.29, 0.717) is 49.8 Å². The van der Waals surface area contributed by atoms with E-state index in [9.17, 15) is 19.8 Å². The summed E-state index contributed by atoms with van der Waals surface area (Å²) in [6.07, 6.45) is 1.63. The third-order valence-electron chi connectivity index (χ3n) is 6.01. The number of hydrogen-bond acceptors (Lipinski definition) is 7. The summed E-state index contributed by atoms with van der Waals surface area (Å²) in [7, 11) is 0. The average Bonchev–Trinajstić information content (AvgIpc) is 3.12. The largest absolute Gasteiger partial charge is 0.508 e. The second kappa shape index (κ2) is 10.5. The van der Waals surface area contributed by atoms with Gasteiger partial charge in [0, 0.05) is 31.7 Å². The number of ketones is 1. The molecule has 8 nitrogen and oxygen atoms in total. The van der Waals surface area contributed by atoms with E-state index in [1.807, 2.05) is 0 Å². The third kappa shape index (κ3) is 4.98. The van der Waals surface area contributed by atoms with Crippen LogP contribution in [0.25, 0.3) is 5.76 Å². The van der Waals surface area contributed by atoms with Crippen LogP contribution in [0.3, 0.4) is 0 Å². The van der Waals surface area contributed by atoms with Crippen molar-refractivity contribution in [3.63, 3.8) is 0 Å². The molecule has 2 aromatic carbocycles. The number of nitrogens with zero attached hydrogens (tertiary/aromatic N) is 2. The molecular formula is C26H28N2O6. The van der Waals surface area contributed by atoms with Crippen LogP contribution in [0.5, 0.6) is 11.5 Å². The first-order chi connectivity index (χ1) is 16.5. The van der Waals surface area contributed by atoms with Crippen molar-refractivity contribution in [1.29, 1.82) is 0 Å². The van der Waals surface area contributed by atoms with Crippen molar-refractivity contribution < 1.29 is 29.3 Å². The number of benzene rings is 2. The molecule has 0 radical (unpaired) electrons. The zero-order chi connectivity index (χ0) is 24.1. The molecule has 34 heavy (non-hydrogen) atoms. The topological polar surface area (TPSA) is 99.5 Å². The van der Waals surface area contributed by atoms with E-state index in [1.165, 1.54) is 17.0 Å². The first-order valence-corrected chi connectivity index (χ1v) is 11.2. The van der Waals surface area contributed by atoms with Crippen molar-refractivity contribution in [2.24, 2.45) is 0 Å². The Morgan fingerprint density at radius 3 is 2.38 bits per heavy atom. The van der Waals surface area contributed by atoms with Gasteiger partial charge in [-0.2, -0.15) is 0 Å². The van der Waals surface area contributed by atoms with Gasteiger partial charge in [0.1, 0.15) is 23.9 Å². The number of hydrogen-bond donors (Lipinski definition) is 2. The van der Waals surface area contributed by atoms with Crippen LogP contribution in [-0.4, -0.2) is 77.7 Å². The molecule has 1 atom stereocenters. The standard InChI is InChI=1S/C26H28N2O6/c1-2-15-34-21-9-5-19(6-10-21)24(30)22-23(18-3-7-20(29)8-4-18)28(26(32)25(22)31)12-11-27-13-16-33-17-14-27/h2-10,23,29-30H,1,11-17H2/b24-22+/t23-/m0/s1. The van der Waals surface area contributed by atoms with Crippen molar-refractivity contribution in [3.05, 3.63) is 77.9 Å². The molecule has 2 saturated heterocycles. The summed E-state index contributed by atoms with van der Waals surface area (Å²) in [5, 5.41) is 20.9. The third-order valence-corrected chi connectivity index (χ3v) is 6.01. The number of phenols is 1. The molecule has 8 heteroatoms. The highest BCUT2D eigenvalue weighted by atomic mass is 16.5. The maximum absolute atomic E-state index is 13.1. The quantitative estimate of drug-likeness (QED) is 0.268. The van der Waals surface area contributed by atoms with E-state index < -0.39 is 17.7 Å². The molecule has 2 heterocycles. The van der Waals surface area contributed by atoms with Gasteiger partial charge in [-0.15, -0.1) is 0 Å². The lowest BCUT2D eigenvalue weighted by atomic mass is 9.95. The Balaban J connectivity index is 1.68. The Morgan fingerprint density at radius 2 is 1.74 bits per heavy atom. The van der Waals surface area contributed by atoms with Crippen molar-refractivity contribution in [2.75, 3.05) is 46.0 Å². The van der Waals surface area contributed by atoms with Crippen molar-refractivity contribution in [1.82, 2.24) is 9.80 Å². The number of carbonyl (C=O) groups excluding carboxylic acids is 2.